The molecule has 0 aliphatic carbocycles. The lowest BCUT2D eigenvalue weighted by Gasteiger charge is -2.18. The van der Waals surface area contributed by atoms with E-state index in [2.05, 4.69) is 4.98 Å². The number of aliphatic carboxylic acids is 1. The monoisotopic (exact) mass is 272 g/mol. The number of aromatic nitrogens is 1. The second kappa shape index (κ2) is 6.14. The van der Waals surface area contributed by atoms with Gasteiger partial charge < -0.3 is 10.0 Å². The second-order valence-electron chi connectivity index (χ2n) is 4.47. The van der Waals surface area contributed by atoms with Crippen LogP contribution in [0.15, 0.2) is 36.5 Å². The van der Waals surface area contributed by atoms with Crippen LogP contribution in [0.5, 0.6) is 0 Å². The lowest BCUT2D eigenvalue weighted by Crippen LogP contribution is -2.36. The number of hydrogen-bond donors (Lipinski definition) is 1. The molecule has 0 aliphatic heterocycles. The summed E-state index contributed by atoms with van der Waals surface area (Å²) in [5, 5.41) is 9.77. The molecule has 2 rings (SSSR count). The minimum absolute atomic E-state index is 0.162. The highest BCUT2D eigenvalue weighted by atomic mass is 16.4. The van der Waals surface area contributed by atoms with Crippen LogP contribution in [0, 0.1) is 0 Å². The van der Waals surface area contributed by atoms with Gasteiger partial charge in [-0.25, -0.2) is 0 Å². The Labute approximate surface area is 116 Å². The van der Waals surface area contributed by atoms with Gasteiger partial charge in [-0.15, -0.1) is 0 Å². The fourth-order valence-electron chi connectivity index (χ4n) is 2.12. The summed E-state index contributed by atoms with van der Waals surface area (Å²) in [6.07, 6.45) is 1.85. The number of carbonyl (C=O) groups is 2. The molecule has 1 N–H and O–H groups in total. The van der Waals surface area contributed by atoms with Crippen LogP contribution >= 0.6 is 0 Å². The van der Waals surface area contributed by atoms with Gasteiger partial charge >= 0.3 is 5.97 Å². The molecule has 0 unspecified atom stereocenters. The van der Waals surface area contributed by atoms with E-state index in [1.807, 2.05) is 30.3 Å². The predicted octanol–water partition coefficient (Wildman–Crippen LogP) is 1.71. The van der Waals surface area contributed by atoms with E-state index >= 15 is 0 Å². The first kappa shape index (κ1) is 14.0. The third-order valence-corrected chi connectivity index (χ3v) is 3.12. The fourth-order valence-corrected chi connectivity index (χ4v) is 2.12. The topological polar surface area (TPSA) is 70.5 Å². The summed E-state index contributed by atoms with van der Waals surface area (Å²) >= 11 is 0. The number of likely N-dealkylation sites (N-methyl/N-ethyl adjacent to an activating group) is 1. The predicted molar refractivity (Wildman–Crippen MR) is 75.3 cm³/mol. The number of carbonyl (C=O) groups excluding carboxylic acids is 1. The maximum absolute atomic E-state index is 12.2. The van der Waals surface area contributed by atoms with Gasteiger partial charge in [-0.3, -0.25) is 14.6 Å². The molecule has 5 heteroatoms. The molecule has 0 radical (unpaired) electrons. The molecule has 5 nitrogen and oxygen atoms in total. The van der Waals surface area contributed by atoms with Crippen molar-refractivity contribution in [3.8, 4) is 0 Å². The van der Waals surface area contributed by atoms with Gasteiger partial charge in [-0.1, -0.05) is 24.3 Å². The van der Waals surface area contributed by atoms with Gasteiger partial charge in [-0.2, -0.15) is 0 Å². The number of carboxylic acid groups (broad SMARTS) is 1. The number of rotatable bonds is 5. The third kappa shape index (κ3) is 3.12. The molecule has 2 aromatic rings. The standard InChI is InChI=1S/C15H16N2O3/c1-2-17(10-14(19)20)13(18)9-12-6-3-5-11-7-4-8-16-15(11)12/h3-8H,2,9-10H2,1H3,(H,19,20). The Balaban J connectivity index is 2.23. The zero-order valence-electron chi connectivity index (χ0n) is 11.2. The summed E-state index contributed by atoms with van der Waals surface area (Å²) in [4.78, 5) is 28.5. The molecule has 104 valence electrons. The first-order valence-corrected chi connectivity index (χ1v) is 6.44. The molecular formula is C15H16N2O3. The highest BCUT2D eigenvalue weighted by Crippen LogP contribution is 2.17. The first-order valence-electron chi connectivity index (χ1n) is 6.44. The second-order valence-corrected chi connectivity index (χ2v) is 4.47. The van der Waals surface area contributed by atoms with E-state index in [4.69, 9.17) is 5.11 Å². The zero-order chi connectivity index (χ0) is 14.5. The highest BCUT2D eigenvalue weighted by Gasteiger charge is 2.16. The van der Waals surface area contributed by atoms with E-state index in [-0.39, 0.29) is 18.9 Å². The van der Waals surface area contributed by atoms with Crippen molar-refractivity contribution in [2.24, 2.45) is 0 Å². The number of fused-ring (bicyclic) bond motifs is 1. The van der Waals surface area contributed by atoms with Crippen molar-refractivity contribution in [1.29, 1.82) is 0 Å². The number of benzene rings is 1. The van der Waals surface area contributed by atoms with Gasteiger partial charge in [0.15, 0.2) is 0 Å². The molecule has 0 aliphatic rings. The van der Waals surface area contributed by atoms with E-state index in [1.165, 1.54) is 4.90 Å². The highest BCUT2D eigenvalue weighted by molar-refractivity contribution is 5.88. The van der Waals surface area contributed by atoms with Gasteiger partial charge in [0.05, 0.1) is 11.9 Å². The summed E-state index contributed by atoms with van der Waals surface area (Å²) in [5.74, 6) is -1.20. The van der Waals surface area contributed by atoms with Gasteiger partial charge in [0, 0.05) is 18.1 Å². The molecule has 0 saturated heterocycles. The number of nitrogens with zero attached hydrogens (tertiary/aromatic N) is 2. The Morgan fingerprint density at radius 3 is 2.70 bits per heavy atom. The molecule has 1 heterocycles. The van der Waals surface area contributed by atoms with Crippen LogP contribution in [0.2, 0.25) is 0 Å². The van der Waals surface area contributed by atoms with E-state index in [1.54, 1.807) is 13.1 Å². The minimum Gasteiger partial charge on any atom is -0.480 e. The molecule has 0 saturated carbocycles. The Bertz CT molecular complexity index is 635. The Morgan fingerprint density at radius 1 is 1.25 bits per heavy atom. The molecule has 1 aromatic heterocycles. The smallest absolute Gasteiger partial charge is 0.323 e. The summed E-state index contributed by atoms with van der Waals surface area (Å²) < 4.78 is 0. The first-order chi connectivity index (χ1) is 9.61. The molecule has 20 heavy (non-hydrogen) atoms. The quantitative estimate of drug-likeness (QED) is 0.899. The molecule has 1 aromatic carbocycles. The van der Waals surface area contributed by atoms with Crippen LogP contribution < -0.4 is 0 Å². The Hall–Kier alpha value is -2.43. The minimum atomic E-state index is -1.00. The molecule has 1 amide bonds. The van der Waals surface area contributed by atoms with Crippen molar-refractivity contribution in [1.82, 2.24) is 9.88 Å². The average molecular weight is 272 g/mol. The van der Waals surface area contributed by atoms with Crippen molar-refractivity contribution >= 4 is 22.8 Å². The maximum Gasteiger partial charge on any atom is 0.323 e. The van der Waals surface area contributed by atoms with E-state index in [0.29, 0.717) is 6.54 Å². The SMILES string of the molecule is CCN(CC(=O)O)C(=O)Cc1cccc2cccnc12. The number of carboxylic acids is 1. The van der Waals surface area contributed by atoms with Gasteiger partial charge in [-0.05, 0) is 18.6 Å². The van der Waals surface area contributed by atoms with Gasteiger partial charge in [0.1, 0.15) is 6.54 Å². The lowest BCUT2D eigenvalue weighted by molar-refractivity contribution is -0.144. The third-order valence-electron chi connectivity index (χ3n) is 3.12. The van der Waals surface area contributed by atoms with Crippen LogP contribution in [0.4, 0.5) is 0 Å². The largest absolute Gasteiger partial charge is 0.480 e. The molecular weight excluding hydrogens is 256 g/mol. The van der Waals surface area contributed by atoms with E-state index in [9.17, 15) is 9.59 Å². The summed E-state index contributed by atoms with van der Waals surface area (Å²) in [7, 11) is 0. The molecule has 0 atom stereocenters. The van der Waals surface area contributed by atoms with E-state index < -0.39 is 5.97 Å². The van der Waals surface area contributed by atoms with Gasteiger partial charge in [0.25, 0.3) is 0 Å². The molecule has 0 bridgehead atoms. The zero-order valence-corrected chi connectivity index (χ0v) is 11.2. The number of hydrogen-bond acceptors (Lipinski definition) is 3. The van der Waals surface area contributed by atoms with Crippen LogP contribution in [-0.4, -0.2) is 40.0 Å². The van der Waals surface area contributed by atoms with Crippen LogP contribution in [0.25, 0.3) is 10.9 Å². The Morgan fingerprint density at radius 2 is 2.00 bits per heavy atom. The lowest BCUT2D eigenvalue weighted by atomic mass is 10.1. The van der Waals surface area contributed by atoms with Crippen LogP contribution in [-0.2, 0) is 16.0 Å². The van der Waals surface area contributed by atoms with Gasteiger partial charge in [0.2, 0.25) is 5.91 Å². The molecule has 0 fully saturated rings. The van der Waals surface area contributed by atoms with Crippen molar-refractivity contribution in [3.63, 3.8) is 0 Å². The van der Waals surface area contributed by atoms with Crippen LogP contribution in [0.3, 0.4) is 0 Å². The summed E-state index contributed by atoms with van der Waals surface area (Å²) in [6, 6.07) is 9.44. The van der Waals surface area contributed by atoms with Crippen molar-refractivity contribution in [2.75, 3.05) is 13.1 Å². The fraction of sp³-hybridized carbons (Fsp3) is 0.267. The van der Waals surface area contributed by atoms with Crippen LogP contribution in [0.1, 0.15) is 12.5 Å². The average Bonchev–Trinajstić information content (AvgIpc) is 2.45. The number of amides is 1. The van der Waals surface area contributed by atoms with Crippen molar-refractivity contribution in [3.05, 3.63) is 42.1 Å². The number of pyridine rings is 1. The maximum atomic E-state index is 12.2. The summed E-state index contributed by atoms with van der Waals surface area (Å²) in [5.41, 5.74) is 1.60. The van der Waals surface area contributed by atoms with E-state index in [0.717, 1.165) is 16.5 Å². The number of para-hydroxylation sites is 1. The normalized spacial score (nSPS) is 10.4. The summed E-state index contributed by atoms with van der Waals surface area (Å²) in [6.45, 7) is 1.87. The Kier molecular flexibility index (Phi) is 4.30. The molecule has 0 spiro atoms. The van der Waals surface area contributed by atoms with Crippen molar-refractivity contribution < 1.29 is 14.7 Å². The van der Waals surface area contributed by atoms with Crippen molar-refractivity contribution in [2.45, 2.75) is 13.3 Å².